The number of furan rings is 2. The second-order valence-corrected chi connectivity index (χ2v) is 27.5. The average Bonchev–Trinajstić information content (AvgIpc) is 1.66. The molecule has 20 aromatic rings. The van der Waals surface area contributed by atoms with Crippen molar-refractivity contribution in [3.05, 3.63) is 333 Å². The number of nitrogens with zero attached hydrogens (tertiary/aromatic N) is 6. The van der Waals surface area contributed by atoms with Crippen molar-refractivity contribution in [3.63, 3.8) is 0 Å². The van der Waals surface area contributed by atoms with Crippen LogP contribution in [0.4, 0.5) is 0 Å². The van der Waals surface area contributed by atoms with E-state index in [2.05, 4.69) is 185 Å². The molecule has 14 heteroatoms. The molecule has 0 saturated carbocycles. The largest absolute Gasteiger partial charge is 0.488 e. The molecule has 6 heterocycles. The maximum absolute atomic E-state index is 9.35. The Labute approximate surface area is 609 Å². The quantitative estimate of drug-likeness (QED) is 0.127. The Morgan fingerprint density at radius 1 is 0.240 bits per heavy atom. The summed E-state index contributed by atoms with van der Waals surface area (Å²) in [6.45, 7) is 0. The summed E-state index contributed by atoms with van der Waals surface area (Å²) in [6.07, 6.45) is 0. The summed E-state index contributed by atoms with van der Waals surface area (Å²) in [5.74, 6) is 2.92. The van der Waals surface area contributed by atoms with Crippen LogP contribution in [-0.4, -0.2) is 47.1 Å². The molecule has 0 unspecified atom stereocenters. The van der Waals surface area contributed by atoms with Gasteiger partial charge in [0.15, 0.2) is 29.1 Å². The lowest BCUT2D eigenvalue weighted by Gasteiger charge is -2.09. The first kappa shape index (κ1) is 63.6. The van der Waals surface area contributed by atoms with Crippen LogP contribution in [-0.2, 0) is 0 Å². The van der Waals surface area contributed by atoms with Crippen LogP contribution in [0.5, 0.6) is 0 Å². The number of halogens is 1. The summed E-state index contributed by atoms with van der Waals surface area (Å²) in [7, 11) is -1.44. The standard InChI is InChI=1S/C45H27N3OS.C24H17BO2S.C21H12ClN3O/c1-3-11-28(12-4-1)33-16-9-18-37-38-19-10-17-34(42(38)50-41(33)37)29-21-23-31(24-22-29)44-46-43(30-13-5-2-6-14-30)47-45(48-44)32-25-26-36-35-15-7-8-20-39(35)49-40(36)27-32;26-25(27)18-14-12-17(13-15-18)20-9-5-11-22-21-10-4-8-19(23(21)28-24(20)22)16-6-2-1-3-7-16;22-21-24-19(13-6-2-1-3-7-13)23-20(25-21)14-10-11-16-15-8-4-5-9-17(15)26-18(16)12-14/h1-27H;1-15,26-27H;1-12H. The minimum Gasteiger partial charge on any atom is -0.456 e. The highest BCUT2D eigenvalue weighted by atomic mass is 35.5. The molecule has 0 saturated heterocycles. The van der Waals surface area contributed by atoms with Gasteiger partial charge in [-0.1, -0.05) is 291 Å². The van der Waals surface area contributed by atoms with Crippen molar-refractivity contribution < 1.29 is 18.9 Å². The van der Waals surface area contributed by atoms with Crippen LogP contribution in [0.2, 0.25) is 5.28 Å². The minimum atomic E-state index is -1.44. The van der Waals surface area contributed by atoms with Crippen molar-refractivity contribution in [2.24, 2.45) is 0 Å². The van der Waals surface area contributed by atoms with Gasteiger partial charge in [-0.25, -0.2) is 19.9 Å². The summed E-state index contributed by atoms with van der Waals surface area (Å²) in [5.41, 5.74) is 17.9. The van der Waals surface area contributed by atoms with E-state index < -0.39 is 7.12 Å². The van der Waals surface area contributed by atoms with E-state index in [1.165, 1.54) is 68.2 Å². The van der Waals surface area contributed by atoms with Crippen molar-refractivity contribution >= 4 is 131 Å². The lowest BCUT2D eigenvalue weighted by molar-refractivity contribution is 0.426. The van der Waals surface area contributed by atoms with Gasteiger partial charge in [0.1, 0.15) is 22.3 Å². The van der Waals surface area contributed by atoms with Gasteiger partial charge in [-0.05, 0) is 98.0 Å². The number of hydrogen-bond acceptors (Lipinski definition) is 12. The first-order valence-electron chi connectivity index (χ1n) is 34.0. The van der Waals surface area contributed by atoms with Crippen LogP contribution in [0.3, 0.4) is 0 Å². The zero-order valence-electron chi connectivity index (χ0n) is 55.3. The summed E-state index contributed by atoms with van der Waals surface area (Å²) < 4.78 is 17.3. The van der Waals surface area contributed by atoms with Crippen molar-refractivity contribution in [3.8, 4) is 101 Å². The molecule has 0 radical (unpaired) electrons. The molecule has 0 bridgehead atoms. The van der Waals surface area contributed by atoms with Gasteiger partial charge in [-0.2, -0.15) is 9.97 Å². The Bertz CT molecular complexity index is 6590. The van der Waals surface area contributed by atoms with Gasteiger partial charge in [-0.15, -0.1) is 22.7 Å². The maximum Gasteiger partial charge on any atom is 0.488 e. The third-order valence-electron chi connectivity index (χ3n) is 18.8. The molecule has 14 aromatic carbocycles. The lowest BCUT2D eigenvalue weighted by Crippen LogP contribution is -2.29. The van der Waals surface area contributed by atoms with Crippen LogP contribution >= 0.6 is 34.3 Å². The Balaban J connectivity index is 0.000000121. The van der Waals surface area contributed by atoms with Gasteiger partial charge in [-0.3, -0.25) is 0 Å². The molecule has 0 spiro atoms. The Kier molecular flexibility index (Phi) is 16.8. The van der Waals surface area contributed by atoms with Gasteiger partial charge < -0.3 is 18.9 Å². The second kappa shape index (κ2) is 27.4. The first-order valence-corrected chi connectivity index (χ1v) is 36.0. The van der Waals surface area contributed by atoms with Crippen molar-refractivity contribution in [1.29, 1.82) is 0 Å². The molecular formula is C90H56BClN6O4S2. The van der Waals surface area contributed by atoms with Crippen molar-refractivity contribution in [2.45, 2.75) is 0 Å². The number of thiophene rings is 2. The monoisotopic (exact) mass is 1390 g/mol. The third-order valence-corrected chi connectivity index (χ3v) is 21.5. The van der Waals surface area contributed by atoms with Crippen LogP contribution < -0.4 is 5.46 Å². The Morgan fingerprint density at radius 2 is 0.510 bits per heavy atom. The van der Waals surface area contributed by atoms with Crippen molar-refractivity contribution in [1.82, 2.24) is 29.9 Å². The van der Waals surface area contributed by atoms with E-state index in [0.29, 0.717) is 34.6 Å². The molecule has 10 nitrogen and oxygen atoms in total. The maximum atomic E-state index is 9.35. The van der Waals surface area contributed by atoms with Crippen LogP contribution in [0.25, 0.3) is 186 Å². The molecule has 0 amide bonds. The fraction of sp³-hybridized carbons (Fsp3) is 0. The van der Waals surface area contributed by atoms with Gasteiger partial charge in [0.05, 0.1) is 0 Å². The fourth-order valence-electron chi connectivity index (χ4n) is 13.7. The number of aromatic nitrogens is 6. The summed E-state index contributed by atoms with van der Waals surface area (Å²) in [4.78, 5) is 28.1. The number of benzene rings is 14. The van der Waals surface area contributed by atoms with E-state index in [9.17, 15) is 10.0 Å². The Morgan fingerprint density at radius 3 is 0.894 bits per heavy atom. The molecule has 0 fully saturated rings. The van der Waals surface area contributed by atoms with Crippen molar-refractivity contribution in [2.75, 3.05) is 0 Å². The molecule has 492 valence electrons. The molecule has 0 aliphatic heterocycles. The molecule has 20 rings (SSSR count). The number of rotatable bonds is 10. The van der Waals surface area contributed by atoms with Crippen LogP contribution in [0.15, 0.2) is 336 Å². The van der Waals surface area contributed by atoms with E-state index in [1.807, 2.05) is 168 Å². The van der Waals surface area contributed by atoms with E-state index in [4.69, 9.17) is 35.4 Å². The summed E-state index contributed by atoms with van der Waals surface area (Å²) >= 11 is 9.83. The Hall–Kier alpha value is -12.6. The molecule has 104 heavy (non-hydrogen) atoms. The number of hydrogen-bond donors (Lipinski definition) is 2. The summed E-state index contributed by atoms with van der Waals surface area (Å²) in [5, 5.41) is 28.3. The third kappa shape index (κ3) is 12.2. The molecule has 2 N–H and O–H groups in total. The predicted molar refractivity (Wildman–Crippen MR) is 430 cm³/mol. The number of fused-ring (bicyclic) bond motifs is 12. The lowest BCUT2D eigenvalue weighted by atomic mass is 9.80. The van der Waals surface area contributed by atoms with Gasteiger partial charge in [0.2, 0.25) is 5.28 Å². The van der Waals surface area contributed by atoms with E-state index in [0.717, 1.165) is 88.4 Å². The van der Waals surface area contributed by atoms with Crippen LogP contribution in [0, 0.1) is 0 Å². The SMILES string of the molecule is Clc1nc(-c2ccccc2)nc(-c2ccc3c(c2)oc2ccccc23)n1.OB(O)c1ccc(-c2cccc3c2sc2c(-c4ccccc4)cccc23)cc1.c1ccc(-c2nc(-c3ccc(-c4cccc5c4sc4c(-c6ccccc6)cccc45)cc3)nc(-c3ccc4c(c3)oc3ccccc34)n2)cc1. The number of para-hydroxylation sites is 2. The van der Waals surface area contributed by atoms with E-state index in [-0.39, 0.29) is 5.28 Å². The van der Waals surface area contributed by atoms with Gasteiger partial charge in [0.25, 0.3) is 0 Å². The zero-order valence-corrected chi connectivity index (χ0v) is 57.7. The van der Waals surface area contributed by atoms with Crippen LogP contribution in [0.1, 0.15) is 0 Å². The predicted octanol–water partition coefficient (Wildman–Crippen LogP) is 23.3. The molecule has 6 aromatic heterocycles. The topological polar surface area (TPSA) is 144 Å². The molecule has 0 aliphatic rings. The van der Waals surface area contributed by atoms with E-state index >= 15 is 0 Å². The normalized spacial score (nSPS) is 11.4. The highest BCUT2D eigenvalue weighted by Gasteiger charge is 2.20. The smallest absolute Gasteiger partial charge is 0.456 e. The van der Waals surface area contributed by atoms with E-state index in [1.54, 1.807) is 12.1 Å². The minimum absolute atomic E-state index is 0.165. The second-order valence-electron chi connectivity index (χ2n) is 25.1. The molecule has 0 atom stereocenters. The van der Waals surface area contributed by atoms with Gasteiger partial charge in [0, 0.05) is 89.7 Å². The summed E-state index contributed by atoms with van der Waals surface area (Å²) in [6, 6.07) is 111. The highest BCUT2D eigenvalue weighted by molar-refractivity contribution is 7.27. The zero-order chi connectivity index (χ0) is 69.6. The molecule has 0 aliphatic carbocycles. The first-order chi connectivity index (χ1) is 51.3. The highest BCUT2D eigenvalue weighted by Crippen LogP contribution is 2.46. The van der Waals surface area contributed by atoms with Gasteiger partial charge >= 0.3 is 7.12 Å². The molecular weight excluding hydrogens is 1340 g/mol. The fourth-order valence-corrected chi connectivity index (χ4v) is 16.6. The average molecular weight is 1400 g/mol.